The van der Waals surface area contributed by atoms with Gasteiger partial charge in [-0.05, 0) is 35.1 Å². The monoisotopic (exact) mass is 617 g/mol. The van der Waals surface area contributed by atoms with Crippen molar-refractivity contribution in [1.29, 1.82) is 0 Å². The average molecular weight is 618 g/mol. The van der Waals surface area contributed by atoms with Crippen LogP contribution >= 0.6 is 0 Å². The Hall–Kier alpha value is -4.75. The molecule has 0 radical (unpaired) electrons. The highest BCUT2D eigenvalue weighted by Crippen LogP contribution is 2.33. The molecule has 3 atom stereocenters. The van der Waals surface area contributed by atoms with Crippen LogP contribution in [0.4, 0.5) is 0 Å². The Morgan fingerprint density at radius 3 is 1.72 bits per heavy atom. The molecule has 7 nitrogen and oxygen atoms in total. The van der Waals surface area contributed by atoms with Gasteiger partial charge in [-0.2, -0.15) is 0 Å². The molecule has 0 aliphatic heterocycles. The van der Waals surface area contributed by atoms with Crippen molar-refractivity contribution in [2.75, 3.05) is 7.11 Å². The number of nitrogens with one attached hydrogen (secondary N) is 1. The summed E-state index contributed by atoms with van der Waals surface area (Å²) in [4.78, 5) is 45.2. The molecule has 1 aliphatic carbocycles. The van der Waals surface area contributed by atoms with Gasteiger partial charge in [0.25, 0.3) is 0 Å². The number of nitrogens with zero attached hydrogens (tertiary/aromatic N) is 1. The number of rotatable bonds is 12. The molecular weight excluding hydrogens is 574 g/mol. The molecule has 1 fully saturated rings. The van der Waals surface area contributed by atoms with Gasteiger partial charge >= 0.3 is 5.97 Å². The highest BCUT2D eigenvalue weighted by atomic mass is 16.5. The number of ether oxygens (including phenoxy) is 1. The standard InChI is InChI=1S/C39H43N3O4/c1-46-39(45)33(27-28-17-7-2-8-18-28)42(38(44)34(29-19-9-3-10-20-29)30-21-11-4-12-22-30)36(35(40)31-23-13-5-14-24-31)37(43)41-32-25-15-6-16-26-32/h2-5,7-14,17-24,32-36H,6,15-16,25-27,40H2,1H3,(H,41,43). The molecule has 3 unspecified atom stereocenters. The number of carbonyl (C=O) groups excluding carboxylic acids is 3. The fourth-order valence-corrected chi connectivity index (χ4v) is 6.52. The lowest BCUT2D eigenvalue weighted by atomic mass is 9.86. The zero-order chi connectivity index (χ0) is 32.3. The predicted octanol–water partition coefficient (Wildman–Crippen LogP) is 5.95. The number of amides is 2. The molecular formula is C39H43N3O4. The van der Waals surface area contributed by atoms with E-state index in [2.05, 4.69) is 5.32 Å². The third kappa shape index (κ3) is 7.90. The number of hydrogen-bond acceptors (Lipinski definition) is 5. The van der Waals surface area contributed by atoms with Crippen molar-refractivity contribution in [2.24, 2.45) is 5.73 Å². The van der Waals surface area contributed by atoms with Crippen molar-refractivity contribution >= 4 is 17.8 Å². The molecule has 5 rings (SSSR count). The van der Waals surface area contributed by atoms with Gasteiger partial charge in [-0.3, -0.25) is 9.59 Å². The van der Waals surface area contributed by atoms with Crippen LogP contribution in [0.25, 0.3) is 0 Å². The number of methoxy groups -OCH3 is 1. The summed E-state index contributed by atoms with van der Waals surface area (Å²) in [5.41, 5.74) is 10.0. The van der Waals surface area contributed by atoms with Crippen LogP contribution < -0.4 is 11.1 Å². The van der Waals surface area contributed by atoms with Crippen molar-refractivity contribution in [3.63, 3.8) is 0 Å². The Labute approximate surface area is 271 Å². The molecule has 238 valence electrons. The van der Waals surface area contributed by atoms with Crippen LogP contribution in [-0.4, -0.2) is 47.9 Å². The van der Waals surface area contributed by atoms with E-state index in [0.29, 0.717) is 5.56 Å². The first kappa shape index (κ1) is 32.6. The van der Waals surface area contributed by atoms with Crippen LogP contribution in [0.15, 0.2) is 121 Å². The molecule has 7 heteroatoms. The fraction of sp³-hybridized carbons (Fsp3) is 0.308. The molecule has 0 aromatic heterocycles. The zero-order valence-electron chi connectivity index (χ0n) is 26.3. The third-order valence-electron chi connectivity index (χ3n) is 8.89. The number of esters is 1. The van der Waals surface area contributed by atoms with Gasteiger partial charge in [0.05, 0.1) is 19.1 Å². The zero-order valence-corrected chi connectivity index (χ0v) is 26.3. The Morgan fingerprint density at radius 2 is 1.22 bits per heavy atom. The molecule has 1 saturated carbocycles. The number of benzene rings is 4. The van der Waals surface area contributed by atoms with E-state index in [-0.39, 0.29) is 18.4 Å². The topological polar surface area (TPSA) is 102 Å². The first-order chi connectivity index (χ1) is 22.5. The minimum Gasteiger partial charge on any atom is -0.467 e. The number of nitrogens with two attached hydrogens (primary N) is 1. The summed E-state index contributed by atoms with van der Waals surface area (Å²) >= 11 is 0. The lowest BCUT2D eigenvalue weighted by Crippen LogP contribution is -2.62. The molecule has 4 aromatic carbocycles. The Kier molecular flexibility index (Phi) is 11.4. The highest BCUT2D eigenvalue weighted by Gasteiger charge is 2.45. The highest BCUT2D eigenvalue weighted by molar-refractivity contribution is 5.96. The largest absolute Gasteiger partial charge is 0.467 e. The van der Waals surface area contributed by atoms with Crippen molar-refractivity contribution in [3.05, 3.63) is 144 Å². The molecule has 0 bridgehead atoms. The Bertz CT molecular complexity index is 1500. The van der Waals surface area contributed by atoms with Crippen LogP contribution in [0.1, 0.15) is 66.3 Å². The third-order valence-corrected chi connectivity index (χ3v) is 8.89. The molecule has 46 heavy (non-hydrogen) atoms. The normalized spacial score (nSPS) is 15.4. The molecule has 0 heterocycles. The van der Waals surface area contributed by atoms with Gasteiger partial charge in [0.1, 0.15) is 12.1 Å². The fourth-order valence-electron chi connectivity index (χ4n) is 6.52. The van der Waals surface area contributed by atoms with Gasteiger partial charge in [0.2, 0.25) is 11.8 Å². The van der Waals surface area contributed by atoms with Crippen LogP contribution in [0.5, 0.6) is 0 Å². The Morgan fingerprint density at radius 1 is 0.739 bits per heavy atom. The van der Waals surface area contributed by atoms with E-state index in [1.165, 1.54) is 12.0 Å². The molecule has 1 aliphatic rings. The summed E-state index contributed by atoms with van der Waals surface area (Å²) in [6.45, 7) is 0. The maximum absolute atomic E-state index is 15.4. The van der Waals surface area contributed by atoms with Crippen LogP contribution in [0.3, 0.4) is 0 Å². The summed E-state index contributed by atoms with van der Waals surface area (Å²) in [5, 5.41) is 3.23. The maximum Gasteiger partial charge on any atom is 0.328 e. The number of hydrogen-bond donors (Lipinski definition) is 2. The molecule has 4 aromatic rings. The van der Waals surface area contributed by atoms with Crippen molar-refractivity contribution in [1.82, 2.24) is 10.2 Å². The van der Waals surface area contributed by atoms with E-state index >= 15 is 4.79 Å². The minimum absolute atomic E-state index is 0.0339. The van der Waals surface area contributed by atoms with Gasteiger partial charge in [0.15, 0.2) is 0 Å². The lowest BCUT2D eigenvalue weighted by Gasteiger charge is -2.41. The molecule has 0 spiro atoms. The summed E-state index contributed by atoms with van der Waals surface area (Å²) < 4.78 is 5.37. The minimum atomic E-state index is -1.21. The van der Waals surface area contributed by atoms with Gasteiger partial charge in [-0.1, -0.05) is 141 Å². The Balaban J connectivity index is 1.69. The average Bonchev–Trinajstić information content (AvgIpc) is 3.11. The second-order valence-corrected chi connectivity index (χ2v) is 12.0. The van der Waals surface area contributed by atoms with E-state index in [0.717, 1.165) is 48.8 Å². The van der Waals surface area contributed by atoms with E-state index < -0.39 is 35.9 Å². The number of carbonyl (C=O) groups is 3. The molecule has 3 N–H and O–H groups in total. The van der Waals surface area contributed by atoms with Gasteiger partial charge in [-0.25, -0.2) is 4.79 Å². The molecule has 2 amide bonds. The van der Waals surface area contributed by atoms with Crippen molar-refractivity contribution in [2.45, 2.75) is 68.6 Å². The van der Waals surface area contributed by atoms with Gasteiger partial charge in [-0.15, -0.1) is 0 Å². The van der Waals surface area contributed by atoms with Crippen molar-refractivity contribution < 1.29 is 19.1 Å². The van der Waals surface area contributed by atoms with Gasteiger partial charge in [0, 0.05) is 12.5 Å². The van der Waals surface area contributed by atoms with Crippen LogP contribution in [-0.2, 0) is 25.5 Å². The first-order valence-corrected chi connectivity index (χ1v) is 16.1. The van der Waals surface area contributed by atoms with E-state index in [1.54, 1.807) is 0 Å². The van der Waals surface area contributed by atoms with E-state index in [9.17, 15) is 9.59 Å². The second kappa shape index (κ2) is 16.0. The van der Waals surface area contributed by atoms with Crippen LogP contribution in [0, 0.1) is 0 Å². The SMILES string of the molecule is COC(=O)C(Cc1ccccc1)N(C(=O)C(c1ccccc1)c1ccccc1)C(C(=O)NC1CCCCC1)C(N)c1ccccc1. The van der Waals surface area contributed by atoms with Crippen molar-refractivity contribution in [3.8, 4) is 0 Å². The summed E-state index contributed by atoms with van der Waals surface area (Å²) in [6, 6.07) is 34.4. The second-order valence-electron chi connectivity index (χ2n) is 12.0. The van der Waals surface area contributed by atoms with E-state index in [4.69, 9.17) is 10.5 Å². The first-order valence-electron chi connectivity index (χ1n) is 16.1. The van der Waals surface area contributed by atoms with Gasteiger partial charge < -0.3 is 20.7 Å². The summed E-state index contributed by atoms with van der Waals surface area (Å²) in [7, 11) is 1.31. The summed E-state index contributed by atoms with van der Waals surface area (Å²) in [5.74, 6) is -2.21. The quantitative estimate of drug-likeness (QED) is 0.191. The van der Waals surface area contributed by atoms with E-state index in [1.807, 2.05) is 121 Å². The van der Waals surface area contributed by atoms with Crippen LogP contribution in [0.2, 0.25) is 0 Å². The summed E-state index contributed by atoms with van der Waals surface area (Å²) in [6.07, 6.45) is 5.02. The lowest BCUT2D eigenvalue weighted by molar-refractivity contribution is -0.158. The molecule has 0 saturated heterocycles. The predicted molar refractivity (Wildman–Crippen MR) is 180 cm³/mol. The smallest absolute Gasteiger partial charge is 0.328 e. The maximum atomic E-state index is 15.4.